The topological polar surface area (TPSA) is 29.6 Å². The fourth-order valence-electron chi connectivity index (χ4n) is 6.96. The molecular formula is C45H39B2N3. The van der Waals surface area contributed by atoms with Crippen molar-refractivity contribution in [2.75, 3.05) is 0 Å². The first-order chi connectivity index (χ1) is 24.5. The summed E-state index contributed by atoms with van der Waals surface area (Å²) in [7, 11) is 2.09. The molecule has 1 heterocycles. The fourth-order valence-corrected chi connectivity index (χ4v) is 6.96. The van der Waals surface area contributed by atoms with Crippen molar-refractivity contribution in [1.82, 2.24) is 4.57 Å². The van der Waals surface area contributed by atoms with Crippen molar-refractivity contribution in [3.05, 3.63) is 193 Å². The van der Waals surface area contributed by atoms with Crippen molar-refractivity contribution in [1.29, 1.82) is 0 Å². The molecule has 0 fully saturated rings. The van der Waals surface area contributed by atoms with Gasteiger partial charge in [0.1, 0.15) is 0 Å². The van der Waals surface area contributed by atoms with E-state index in [4.69, 9.17) is 9.98 Å². The van der Waals surface area contributed by atoms with E-state index < -0.39 is 0 Å². The second-order valence-electron chi connectivity index (χ2n) is 12.7. The standard InChI is InChI=1S/C45H39B2N3/c1-34(48-42-28-24-40(25-29-42)46(36-16-8-4-9-17-36)37-18-10-5-11-19-37)44-32-33-45(50(44)3)35(2)49-43-30-26-41(27-31-43)47(38-20-12-6-13-21-38)39-22-14-7-15-23-39/h4-33H,1-3H3. The summed E-state index contributed by atoms with van der Waals surface area (Å²) < 4.78 is 2.18. The van der Waals surface area contributed by atoms with E-state index in [0.717, 1.165) is 34.2 Å². The van der Waals surface area contributed by atoms with Gasteiger partial charge >= 0.3 is 0 Å². The van der Waals surface area contributed by atoms with Crippen LogP contribution in [-0.2, 0) is 7.05 Å². The van der Waals surface area contributed by atoms with Gasteiger partial charge in [0, 0.05) is 7.05 Å². The van der Waals surface area contributed by atoms with Gasteiger partial charge in [0.2, 0.25) is 13.4 Å². The zero-order chi connectivity index (χ0) is 34.3. The molecule has 1 aromatic heterocycles. The van der Waals surface area contributed by atoms with Crippen LogP contribution in [0.3, 0.4) is 0 Å². The van der Waals surface area contributed by atoms with Crippen molar-refractivity contribution in [3.63, 3.8) is 0 Å². The average Bonchev–Trinajstić information content (AvgIpc) is 3.56. The van der Waals surface area contributed by atoms with E-state index in [2.05, 4.69) is 207 Å². The average molecular weight is 643 g/mol. The molecule has 7 rings (SSSR count). The van der Waals surface area contributed by atoms with Crippen molar-refractivity contribution in [2.45, 2.75) is 13.8 Å². The zero-order valence-corrected chi connectivity index (χ0v) is 28.8. The Morgan fingerprint density at radius 3 is 0.900 bits per heavy atom. The predicted molar refractivity (Wildman–Crippen MR) is 217 cm³/mol. The zero-order valence-electron chi connectivity index (χ0n) is 28.8. The van der Waals surface area contributed by atoms with Crippen molar-refractivity contribution in [3.8, 4) is 0 Å². The minimum absolute atomic E-state index is 0.166. The van der Waals surface area contributed by atoms with Gasteiger partial charge in [0.05, 0.1) is 34.2 Å². The fraction of sp³-hybridized carbons (Fsp3) is 0.0667. The summed E-state index contributed by atoms with van der Waals surface area (Å²) in [5.74, 6) is 0. The minimum Gasteiger partial charge on any atom is -0.342 e. The quantitative estimate of drug-likeness (QED) is 0.123. The maximum absolute atomic E-state index is 5.02. The Hall–Kier alpha value is -5.93. The van der Waals surface area contributed by atoms with Crippen LogP contribution in [0.2, 0.25) is 0 Å². The molecule has 0 aliphatic carbocycles. The molecule has 5 heteroatoms. The van der Waals surface area contributed by atoms with Crippen LogP contribution < -0.4 is 32.8 Å². The molecule has 0 saturated heterocycles. The number of rotatable bonds is 10. The molecule has 0 bridgehead atoms. The number of aliphatic imine (C=N–C) groups is 2. The second kappa shape index (κ2) is 15.1. The molecule has 0 amide bonds. The van der Waals surface area contributed by atoms with Crippen LogP contribution in [0.15, 0.2) is 192 Å². The molecule has 7 aromatic rings. The van der Waals surface area contributed by atoms with Gasteiger partial charge < -0.3 is 4.57 Å². The summed E-state index contributed by atoms with van der Waals surface area (Å²) in [6.45, 7) is 4.48. The van der Waals surface area contributed by atoms with Crippen LogP contribution >= 0.6 is 0 Å². The Labute approximate surface area is 296 Å². The van der Waals surface area contributed by atoms with Gasteiger partial charge in [-0.05, 0) is 50.2 Å². The molecule has 0 aliphatic rings. The maximum Gasteiger partial charge on any atom is 0.241 e. The lowest BCUT2D eigenvalue weighted by Crippen LogP contribution is -2.51. The van der Waals surface area contributed by atoms with E-state index in [1.807, 2.05) is 0 Å². The number of benzene rings is 6. The molecule has 0 aliphatic heterocycles. The number of hydrogen-bond acceptors (Lipinski definition) is 2. The Balaban J connectivity index is 1.10. The summed E-state index contributed by atoms with van der Waals surface area (Å²) in [5.41, 5.74) is 13.5. The van der Waals surface area contributed by atoms with E-state index in [0.29, 0.717) is 0 Å². The van der Waals surface area contributed by atoms with E-state index in [-0.39, 0.29) is 13.4 Å². The maximum atomic E-state index is 5.02. The van der Waals surface area contributed by atoms with Crippen LogP contribution in [0.1, 0.15) is 25.2 Å². The summed E-state index contributed by atoms with van der Waals surface area (Å²) in [5, 5.41) is 0. The smallest absolute Gasteiger partial charge is 0.241 e. The van der Waals surface area contributed by atoms with Gasteiger partial charge in [-0.2, -0.15) is 0 Å². The Bertz CT molecular complexity index is 1970. The highest BCUT2D eigenvalue weighted by Crippen LogP contribution is 2.18. The molecule has 6 aromatic carbocycles. The first-order valence-corrected chi connectivity index (χ1v) is 17.2. The molecule has 0 atom stereocenters. The summed E-state index contributed by atoms with van der Waals surface area (Å²) in [6, 6.07) is 64.4. The first-order valence-electron chi connectivity index (χ1n) is 17.2. The minimum atomic E-state index is 0.166. The Morgan fingerprint density at radius 1 is 0.360 bits per heavy atom. The summed E-state index contributed by atoms with van der Waals surface area (Å²) in [6.07, 6.45) is 0. The molecular weight excluding hydrogens is 604 g/mol. The SMILES string of the molecule is CC(=Nc1ccc(B(c2ccccc2)c2ccccc2)cc1)c1ccc(C(C)=Nc2ccc(B(c3ccccc3)c3ccccc3)cc2)n1C. The van der Waals surface area contributed by atoms with Gasteiger partial charge in [-0.25, -0.2) is 0 Å². The normalized spacial score (nSPS) is 11.7. The van der Waals surface area contributed by atoms with Gasteiger partial charge in [0.15, 0.2) is 0 Å². The molecule has 0 N–H and O–H groups in total. The number of aromatic nitrogens is 1. The monoisotopic (exact) mass is 643 g/mol. The molecule has 0 saturated carbocycles. The largest absolute Gasteiger partial charge is 0.342 e. The van der Waals surface area contributed by atoms with E-state index in [9.17, 15) is 0 Å². The third kappa shape index (κ3) is 7.23. The lowest BCUT2D eigenvalue weighted by Gasteiger charge is -2.16. The predicted octanol–water partition coefficient (Wildman–Crippen LogP) is 6.34. The van der Waals surface area contributed by atoms with E-state index >= 15 is 0 Å². The molecule has 50 heavy (non-hydrogen) atoms. The van der Waals surface area contributed by atoms with Crippen LogP contribution in [0, 0.1) is 0 Å². The van der Waals surface area contributed by atoms with E-state index in [1.165, 1.54) is 32.8 Å². The van der Waals surface area contributed by atoms with Crippen molar-refractivity contribution < 1.29 is 0 Å². The number of hydrogen-bond donors (Lipinski definition) is 0. The van der Waals surface area contributed by atoms with Gasteiger partial charge in [-0.3, -0.25) is 9.98 Å². The molecule has 240 valence electrons. The first kappa shape index (κ1) is 32.6. The third-order valence-electron chi connectivity index (χ3n) is 9.44. The molecule has 0 unspecified atom stereocenters. The van der Waals surface area contributed by atoms with Gasteiger partial charge in [-0.15, -0.1) is 0 Å². The summed E-state index contributed by atoms with van der Waals surface area (Å²) >= 11 is 0. The molecule has 0 spiro atoms. The van der Waals surface area contributed by atoms with Gasteiger partial charge in [-0.1, -0.05) is 178 Å². The lowest BCUT2D eigenvalue weighted by atomic mass is 9.37. The Morgan fingerprint density at radius 2 is 0.620 bits per heavy atom. The highest BCUT2D eigenvalue weighted by molar-refractivity contribution is 6.96. The Kier molecular flexibility index (Phi) is 9.84. The highest BCUT2D eigenvalue weighted by atomic mass is 15.0. The summed E-state index contributed by atoms with van der Waals surface area (Å²) in [4.78, 5) is 10.0. The van der Waals surface area contributed by atoms with Crippen LogP contribution in [0.25, 0.3) is 0 Å². The molecule has 3 nitrogen and oxygen atoms in total. The lowest BCUT2D eigenvalue weighted by molar-refractivity contribution is 0.900. The van der Waals surface area contributed by atoms with Crippen LogP contribution in [-0.4, -0.2) is 29.4 Å². The van der Waals surface area contributed by atoms with Crippen LogP contribution in [0.5, 0.6) is 0 Å². The van der Waals surface area contributed by atoms with Crippen molar-refractivity contribution >= 4 is 69.0 Å². The third-order valence-corrected chi connectivity index (χ3v) is 9.44. The number of nitrogens with zero attached hydrogens (tertiary/aromatic N) is 3. The highest BCUT2D eigenvalue weighted by Gasteiger charge is 2.22. The van der Waals surface area contributed by atoms with Crippen molar-refractivity contribution in [2.24, 2.45) is 17.0 Å². The van der Waals surface area contributed by atoms with Crippen LogP contribution in [0.4, 0.5) is 11.4 Å². The van der Waals surface area contributed by atoms with Gasteiger partial charge in [0.25, 0.3) is 0 Å². The van der Waals surface area contributed by atoms with E-state index in [1.54, 1.807) is 0 Å². The molecule has 0 radical (unpaired) electrons. The second-order valence-corrected chi connectivity index (χ2v) is 12.7.